The van der Waals surface area contributed by atoms with Gasteiger partial charge >= 0.3 is 0 Å². The summed E-state index contributed by atoms with van der Waals surface area (Å²) in [4.78, 5) is 0. The van der Waals surface area contributed by atoms with Gasteiger partial charge in [0.15, 0.2) is 0 Å². The first-order valence-corrected chi connectivity index (χ1v) is 11.4. The summed E-state index contributed by atoms with van der Waals surface area (Å²) < 4.78 is 0. The highest BCUT2D eigenvalue weighted by molar-refractivity contribution is 5.50. The fraction of sp³-hybridized carbons (Fsp3) is 0.556. The van der Waals surface area contributed by atoms with Gasteiger partial charge in [-0.25, -0.2) is 0 Å². The smallest absolute Gasteiger partial charge is 0.00951 e. The SMILES string of the molecule is CCCC1CCC(CCCC2c3ccccc3Cc3ccc(C)cc32)CC1. The van der Waals surface area contributed by atoms with Crippen LogP contribution in [0.15, 0.2) is 42.5 Å². The lowest BCUT2D eigenvalue weighted by Crippen LogP contribution is -2.16. The summed E-state index contributed by atoms with van der Waals surface area (Å²) in [6.07, 6.45) is 14.1. The molecule has 0 aromatic heterocycles. The van der Waals surface area contributed by atoms with Crippen LogP contribution in [0, 0.1) is 18.8 Å². The normalized spacial score (nSPS) is 24.3. The van der Waals surface area contributed by atoms with E-state index in [2.05, 4.69) is 56.3 Å². The van der Waals surface area contributed by atoms with Gasteiger partial charge in [-0.3, -0.25) is 0 Å². The number of hydrogen-bond acceptors (Lipinski definition) is 0. The predicted octanol–water partition coefficient (Wildman–Crippen LogP) is 7.81. The van der Waals surface area contributed by atoms with Gasteiger partial charge in [-0.2, -0.15) is 0 Å². The second-order valence-corrected chi connectivity index (χ2v) is 9.24. The van der Waals surface area contributed by atoms with Crippen LogP contribution in [0.5, 0.6) is 0 Å². The molecular formula is C27H36. The van der Waals surface area contributed by atoms with E-state index in [-0.39, 0.29) is 0 Å². The summed E-state index contributed by atoms with van der Waals surface area (Å²) in [7, 11) is 0. The Bertz CT molecular complexity index is 748. The molecule has 0 bridgehead atoms. The van der Waals surface area contributed by atoms with E-state index in [1.54, 1.807) is 22.3 Å². The Morgan fingerprint density at radius 1 is 0.778 bits per heavy atom. The van der Waals surface area contributed by atoms with Gasteiger partial charge in [0.25, 0.3) is 0 Å². The fourth-order valence-corrected chi connectivity index (χ4v) is 5.75. The highest BCUT2D eigenvalue weighted by atomic mass is 14.3. The monoisotopic (exact) mass is 360 g/mol. The number of rotatable bonds is 6. The Hall–Kier alpha value is -1.56. The maximum Gasteiger partial charge on any atom is 0.00951 e. The molecule has 27 heavy (non-hydrogen) atoms. The molecule has 2 aromatic carbocycles. The molecule has 0 amide bonds. The summed E-state index contributed by atoms with van der Waals surface area (Å²) in [5.41, 5.74) is 7.73. The third kappa shape index (κ3) is 4.31. The van der Waals surface area contributed by atoms with E-state index in [1.165, 1.54) is 63.4 Å². The van der Waals surface area contributed by atoms with Crippen LogP contribution in [0.1, 0.15) is 98.4 Å². The maximum atomic E-state index is 2.46. The van der Waals surface area contributed by atoms with Gasteiger partial charge < -0.3 is 0 Å². The molecular weight excluding hydrogens is 324 g/mol. The lowest BCUT2D eigenvalue weighted by molar-refractivity contribution is 0.247. The second kappa shape index (κ2) is 8.63. The highest BCUT2D eigenvalue weighted by Gasteiger charge is 2.26. The molecule has 0 radical (unpaired) electrons. The first-order chi connectivity index (χ1) is 13.2. The van der Waals surface area contributed by atoms with E-state index in [0.717, 1.165) is 18.3 Å². The molecule has 0 heterocycles. The first-order valence-electron chi connectivity index (χ1n) is 11.4. The topological polar surface area (TPSA) is 0 Å². The molecule has 2 aliphatic carbocycles. The van der Waals surface area contributed by atoms with Crippen molar-refractivity contribution in [2.75, 3.05) is 0 Å². The molecule has 1 saturated carbocycles. The van der Waals surface area contributed by atoms with Crippen molar-refractivity contribution in [3.05, 3.63) is 70.3 Å². The molecule has 1 unspecified atom stereocenters. The molecule has 0 spiro atoms. The molecule has 0 aliphatic heterocycles. The Morgan fingerprint density at radius 3 is 2.26 bits per heavy atom. The lowest BCUT2D eigenvalue weighted by Gasteiger charge is -2.31. The van der Waals surface area contributed by atoms with Crippen molar-refractivity contribution in [3.63, 3.8) is 0 Å². The zero-order valence-corrected chi connectivity index (χ0v) is 17.3. The first kappa shape index (κ1) is 18.8. The molecule has 0 N–H and O–H groups in total. The quantitative estimate of drug-likeness (QED) is 0.493. The van der Waals surface area contributed by atoms with Crippen molar-refractivity contribution in [1.82, 2.24) is 0 Å². The zero-order chi connectivity index (χ0) is 18.6. The minimum atomic E-state index is 0.612. The van der Waals surface area contributed by atoms with Crippen molar-refractivity contribution in [3.8, 4) is 0 Å². The standard InChI is InChI=1S/C27H36/c1-3-7-21-13-15-22(16-14-21)8-6-11-26-25-10-5-4-9-23(25)19-24-17-12-20(2)18-27(24)26/h4-5,9-10,12,17-18,21-22,26H,3,6-8,11,13-16,19H2,1-2H3. The molecule has 2 aromatic rings. The van der Waals surface area contributed by atoms with Crippen LogP contribution < -0.4 is 0 Å². The van der Waals surface area contributed by atoms with E-state index in [9.17, 15) is 0 Å². The Morgan fingerprint density at radius 2 is 1.48 bits per heavy atom. The minimum absolute atomic E-state index is 0.612. The summed E-state index contributed by atoms with van der Waals surface area (Å²) in [5, 5.41) is 0. The minimum Gasteiger partial charge on any atom is -0.0654 e. The third-order valence-electron chi connectivity index (χ3n) is 7.26. The third-order valence-corrected chi connectivity index (χ3v) is 7.26. The van der Waals surface area contributed by atoms with Crippen LogP contribution in [-0.2, 0) is 6.42 Å². The van der Waals surface area contributed by atoms with Crippen molar-refractivity contribution < 1.29 is 0 Å². The average Bonchev–Trinajstić information content (AvgIpc) is 2.69. The number of benzene rings is 2. The Kier molecular flexibility index (Phi) is 6.01. The van der Waals surface area contributed by atoms with E-state index < -0.39 is 0 Å². The molecule has 0 saturated heterocycles. The molecule has 144 valence electrons. The van der Waals surface area contributed by atoms with E-state index in [4.69, 9.17) is 0 Å². The van der Waals surface area contributed by atoms with E-state index >= 15 is 0 Å². The zero-order valence-electron chi connectivity index (χ0n) is 17.3. The highest BCUT2D eigenvalue weighted by Crippen LogP contribution is 2.41. The van der Waals surface area contributed by atoms with Gasteiger partial charge in [0.05, 0.1) is 0 Å². The molecule has 0 heteroatoms. The summed E-state index contributed by atoms with van der Waals surface area (Å²) in [5.74, 6) is 2.64. The summed E-state index contributed by atoms with van der Waals surface area (Å²) in [6, 6.07) is 16.3. The molecule has 2 aliphatic rings. The van der Waals surface area contributed by atoms with Crippen molar-refractivity contribution in [1.29, 1.82) is 0 Å². The number of hydrogen-bond donors (Lipinski definition) is 0. The largest absolute Gasteiger partial charge is 0.0654 e. The van der Waals surface area contributed by atoms with Crippen molar-refractivity contribution >= 4 is 0 Å². The Balaban J connectivity index is 1.41. The van der Waals surface area contributed by atoms with E-state index in [0.29, 0.717) is 5.92 Å². The number of aryl methyl sites for hydroxylation is 1. The van der Waals surface area contributed by atoms with Gasteiger partial charge in [-0.15, -0.1) is 0 Å². The van der Waals surface area contributed by atoms with Gasteiger partial charge in [-0.1, -0.05) is 106 Å². The maximum absolute atomic E-state index is 2.46. The van der Waals surface area contributed by atoms with Gasteiger partial charge in [0, 0.05) is 5.92 Å². The van der Waals surface area contributed by atoms with Crippen molar-refractivity contribution in [2.24, 2.45) is 11.8 Å². The van der Waals surface area contributed by atoms with E-state index in [1.807, 2.05) is 0 Å². The van der Waals surface area contributed by atoms with Crippen LogP contribution in [0.25, 0.3) is 0 Å². The van der Waals surface area contributed by atoms with Crippen LogP contribution in [-0.4, -0.2) is 0 Å². The van der Waals surface area contributed by atoms with Gasteiger partial charge in [-0.05, 0) is 53.9 Å². The average molecular weight is 361 g/mol. The number of fused-ring (bicyclic) bond motifs is 2. The van der Waals surface area contributed by atoms with Crippen LogP contribution in [0.2, 0.25) is 0 Å². The van der Waals surface area contributed by atoms with Crippen LogP contribution in [0.3, 0.4) is 0 Å². The van der Waals surface area contributed by atoms with Gasteiger partial charge in [0.2, 0.25) is 0 Å². The fourth-order valence-electron chi connectivity index (χ4n) is 5.75. The Labute approximate surface area is 166 Å². The van der Waals surface area contributed by atoms with Gasteiger partial charge in [0.1, 0.15) is 0 Å². The summed E-state index contributed by atoms with van der Waals surface area (Å²) in [6.45, 7) is 4.58. The molecule has 4 rings (SSSR count). The molecule has 0 nitrogen and oxygen atoms in total. The molecule has 1 atom stereocenters. The predicted molar refractivity (Wildman–Crippen MR) is 116 cm³/mol. The summed E-state index contributed by atoms with van der Waals surface area (Å²) >= 11 is 0. The van der Waals surface area contributed by atoms with Crippen molar-refractivity contribution in [2.45, 2.75) is 84.0 Å². The van der Waals surface area contributed by atoms with Crippen LogP contribution >= 0.6 is 0 Å². The van der Waals surface area contributed by atoms with Crippen LogP contribution in [0.4, 0.5) is 0 Å². The lowest BCUT2D eigenvalue weighted by atomic mass is 9.74. The second-order valence-electron chi connectivity index (χ2n) is 9.24. The molecule has 1 fully saturated rings.